The molecule has 19 heteroatoms. The molecule has 4 amide bonds. The summed E-state index contributed by atoms with van der Waals surface area (Å²) in [6, 6.07) is 19.9. The van der Waals surface area contributed by atoms with E-state index in [1.54, 1.807) is 24.3 Å². The van der Waals surface area contributed by atoms with E-state index in [2.05, 4.69) is 40.8 Å². The van der Waals surface area contributed by atoms with Crippen LogP contribution in [-0.4, -0.2) is 126 Å². The molecule has 4 fully saturated rings. The normalized spacial score (nSPS) is 20.2. The van der Waals surface area contributed by atoms with Gasteiger partial charge in [-0.3, -0.25) is 43.9 Å². The van der Waals surface area contributed by atoms with Crippen LogP contribution < -0.4 is 24.4 Å². The Kier molecular flexibility index (Phi) is 11.8. The van der Waals surface area contributed by atoms with Gasteiger partial charge < -0.3 is 14.4 Å². The van der Waals surface area contributed by atoms with Crippen LogP contribution in [0.15, 0.2) is 66.9 Å². The van der Waals surface area contributed by atoms with Crippen molar-refractivity contribution in [3.05, 3.63) is 105 Å². The average molecular weight is 922 g/mol. The van der Waals surface area contributed by atoms with Crippen molar-refractivity contribution in [1.82, 2.24) is 30.0 Å². The predicted molar refractivity (Wildman–Crippen MR) is 239 cm³/mol. The number of benzene rings is 3. The highest BCUT2D eigenvalue weighted by atomic mass is 35.5. The van der Waals surface area contributed by atoms with E-state index in [1.807, 2.05) is 50.2 Å². The molecule has 17 nitrogen and oxygen atoms in total. The van der Waals surface area contributed by atoms with Crippen molar-refractivity contribution < 1.29 is 37.1 Å². The number of hydrogen-bond acceptors (Lipinski definition) is 14. The molecular formula is C46H48ClN9O8S. The number of sulfonamides is 1. The van der Waals surface area contributed by atoms with Crippen LogP contribution in [0.2, 0.25) is 5.02 Å². The Morgan fingerprint density at radius 1 is 0.892 bits per heavy atom. The number of nitrogens with one attached hydrogen (secondary N) is 2. The summed E-state index contributed by atoms with van der Waals surface area (Å²) in [5.41, 5.74) is 3.60. The second kappa shape index (κ2) is 17.3. The molecule has 6 heterocycles. The highest BCUT2D eigenvalue weighted by molar-refractivity contribution is 7.93. The Morgan fingerprint density at radius 2 is 1.60 bits per heavy atom. The van der Waals surface area contributed by atoms with Crippen LogP contribution in [-0.2, 0) is 31.6 Å². The number of ether oxygens (including phenoxy) is 2. The lowest BCUT2D eigenvalue weighted by atomic mass is 9.77. The number of amides is 4. The second-order valence-electron chi connectivity index (χ2n) is 17.7. The molecule has 0 spiro atoms. The van der Waals surface area contributed by atoms with Crippen LogP contribution in [0.4, 0.5) is 11.6 Å². The fourth-order valence-electron chi connectivity index (χ4n) is 9.39. The first-order chi connectivity index (χ1) is 31.1. The van der Waals surface area contributed by atoms with Crippen molar-refractivity contribution in [3.63, 3.8) is 0 Å². The van der Waals surface area contributed by atoms with E-state index in [-0.39, 0.29) is 36.5 Å². The highest BCUT2D eigenvalue weighted by Gasteiger charge is 2.46. The summed E-state index contributed by atoms with van der Waals surface area (Å²) >= 11 is 6.44. The zero-order chi connectivity index (χ0) is 45.8. The zero-order valence-electron chi connectivity index (χ0n) is 36.1. The molecule has 0 aliphatic carbocycles. The molecule has 9 rings (SSSR count). The molecule has 1 unspecified atom stereocenters. The lowest BCUT2D eigenvalue weighted by Crippen LogP contribution is -2.70. The lowest BCUT2D eigenvalue weighted by Gasteiger charge is -2.55. The first-order valence-corrected chi connectivity index (χ1v) is 23.5. The second-order valence-corrected chi connectivity index (χ2v) is 20.1. The Labute approximate surface area is 381 Å². The molecule has 2 N–H and O–H groups in total. The number of methoxy groups -OCH3 is 1. The van der Waals surface area contributed by atoms with Gasteiger partial charge in [0.25, 0.3) is 11.8 Å². The third-order valence-corrected chi connectivity index (χ3v) is 15.6. The number of halogens is 1. The maximum atomic E-state index is 13.5. The van der Waals surface area contributed by atoms with Crippen molar-refractivity contribution in [2.24, 2.45) is 0 Å². The summed E-state index contributed by atoms with van der Waals surface area (Å²) in [7, 11) is -2.27. The Hall–Kier alpha value is -6.13. The molecule has 5 aliphatic rings. The van der Waals surface area contributed by atoms with Crippen molar-refractivity contribution >= 4 is 56.9 Å². The Bertz CT molecular complexity index is 2730. The first-order valence-electron chi connectivity index (χ1n) is 21.6. The first kappa shape index (κ1) is 44.1. The summed E-state index contributed by atoms with van der Waals surface area (Å²) in [5, 5.41) is 11.6. The minimum atomic E-state index is -3.75. The molecule has 65 heavy (non-hydrogen) atoms. The summed E-state index contributed by atoms with van der Waals surface area (Å²) in [4.78, 5) is 67.0. The largest absolute Gasteiger partial charge is 0.494 e. The standard InChI is InChI=1S/C46H48ClN9O8S/c1-46(2,29-18-27(21-48)41(63-3)38(47)19-29)28-4-7-34(8-5-28)64-26-30-12-15-49-45(50-30)52-65(61,62)35-13-16-53(17-14-35)32-22-55(23-32)33-24-54(25-33)31-6-9-36-37(20-31)44(60)56(43(36)59)39-10-11-40(57)51-42(39)58/h4-9,12,15,18-20,32-33,35,39H,10-11,13-14,16-17,22-26H2,1-3H3,(H,49,50,52)(H,51,57,58). The van der Waals surface area contributed by atoms with Crippen LogP contribution in [0.5, 0.6) is 11.5 Å². The monoisotopic (exact) mass is 921 g/mol. The number of carbonyl (C=O) groups excluding carboxylic acids is 4. The van der Waals surface area contributed by atoms with Gasteiger partial charge in [-0.2, -0.15) is 5.26 Å². The third kappa shape index (κ3) is 8.49. The lowest BCUT2D eigenvalue weighted by molar-refractivity contribution is -0.136. The number of imide groups is 2. The van der Waals surface area contributed by atoms with Crippen molar-refractivity contribution in [2.45, 2.75) is 74.9 Å². The van der Waals surface area contributed by atoms with Gasteiger partial charge in [0, 0.05) is 62.0 Å². The van der Waals surface area contributed by atoms with Gasteiger partial charge >= 0.3 is 0 Å². The van der Waals surface area contributed by atoms with E-state index < -0.39 is 50.4 Å². The van der Waals surface area contributed by atoms with E-state index >= 15 is 0 Å². The minimum absolute atomic E-state index is 0.00105. The third-order valence-electron chi connectivity index (χ3n) is 13.5. The summed E-state index contributed by atoms with van der Waals surface area (Å²) < 4.78 is 40.9. The van der Waals surface area contributed by atoms with Gasteiger partial charge in [-0.25, -0.2) is 18.4 Å². The van der Waals surface area contributed by atoms with Gasteiger partial charge in [-0.15, -0.1) is 0 Å². The summed E-state index contributed by atoms with van der Waals surface area (Å²) in [6.45, 7) is 8.83. The van der Waals surface area contributed by atoms with Crippen LogP contribution in [0.1, 0.15) is 82.6 Å². The maximum absolute atomic E-state index is 13.5. The number of hydrogen-bond donors (Lipinski definition) is 2. The fraction of sp³-hybridized carbons (Fsp3) is 0.413. The van der Waals surface area contributed by atoms with Crippen LogP contribution in [0.25, 0.3) is 0 Å². The summed E-state index contributed by atoms with van der Waals surface area (Å²) in [6.07, 6.45) is 2.67. The minimum Gasteiger partial charge on any atom is -0.494 e. The number of nitrogens with zero attached hydrogens (tertiary/aromatic N) is 7. The van der Waals surface area contributed by atoms with Gasteiger partial charge in [0.05, 0.1) is 39.8 Å². The van der Waals surface area contributed by atoms with Gasteiger partial charge in [-0.1, -0.05) is 37.6 Å². The van der Waals surface area contributed by atoms with Crippen LogP contribution in [0.3, 0.4) is 0 Å². The molecule has 0 radical (unpaired) electrons. The van der Waals surface area contributed by atoms with E-state index in [4.69, 9.17) is 21.1 Å². The number of nitriles is 1. The molecule has 5 aliphatic heterocycles. The molecule has 3 aromatic carbocycles. The van der Waals surface area contributed by atoms with Crippen LogP contribution in [0, 0.1) is 11.3 Å². The molecule has 338 valence electrons. The van der Waals surface area contributed by atoms with E-state index in [9.17, 15) is 32.9 Å². The number of carbonyl (C=O) groups is 4. The number of likely N-dealkylation sites (tertiary alicyclic amines) is 2. The van der Waals surface area contributed by atoms with Gasteiger partial charge in [0.2, 0.25) is 27.8 Å². The molecule has 0 bridgehead atoms. The smallest absolute Gasteiger partial charge is 0.262 e. The van der Waals surface area contributed by atoms with Gasteiger partial charge in [-0.05, 0) is 92.0 Å². The molecule has 0 saturated carbocycles. The van der Waals surface area contributed by atoms with E-state index in [1.165, 1.54) is 13.3 Å². The van der Waals surface area contributed by atoms with Gasteiger partial charge in [0.15, 0.2) is 5.75 Å². The fourth-order valence-corrected chi connectivity index (χ4v) is 11.0. The number of rotatable bonds is 13. The Morgan fingerprint density at radius 3 is 2.29 bits per heavy atom. The van der Waals surface area contributed by atoms with Gasteiger partial charge in [0.1, 0.15) is 24.5 Å². The maximum Gasteiger partial charge on any atom is 0.262 e. The van der Waals surface area contributed by atoms with Crippen LogP contribution >= 0.6 is 11.6 Å². The predicted octanol–water partition coefficient (Wildman–Crippen LogP) is 4.10. The van der Waals surface area contributed by atoms with Crippen molar-refractivity contribution in [2.75, 3.05) is 56.0 Å². The van der Waals surface area contributed by atoms with E-state index in [0.29, 0.717) is 65.8 Å². The summed E-state index contributed by atoms with van der Waals surface area (Å²) in [5.74, 6) is -1.13. The molecule has 1 atom stereocenters. The van der Waals surface area contributed by atoms with Crippen molar-refractivity contribution in [3.8, 4) is 17.6 Å². The number of anilines is 2. The van der Waals surface area contributed by atoms with Crippen molar-refractivity contribution in [1.29, 1.82) is 5.26 Å². The number of piperidine rings is 2. The highest BCUT2D eigenvalue weighted by Crippen LogP contribution is 2.39. The van der Waals surface area contributed by atoms with E-state index in [0.717, 1.165) is 47.9 Å². The average Bonchev–Trinajstić information content (AvgIpc) is 3.50. The SMILES string of the molecule is COc1c(Cl)cc(C(C)(C)c2ccc(OCc3ccnc(NS(=O)(=O)C4CCN(C5CN(C6CN(c7ccc8c(c7)C(=O)N(C7CCC(=O)NC7=O)C8=O)C6)C5)CC4)n3)cc2)cc1C#N. The quantitative estimate of drug-likeness (QED) is 0.181. The molecule has 4 aromatic rings. The Balaban J connectivity index is 0.716. The molecular weight excluding hydrogens is 874 g/mol. The number of aromatic nitrogens is 2. The molecule has 4 saturated heterocycles. The molecule has 1 aromatic heterocycles. The zero-order valence-corrected chi connectivity index (χ0v) is 37.7. The number of fused-ring (bicyclic) bond motifs is 1. The topological polar surface area (TPSA) is 207 Å².